The maximum Gasteiger partial charge on any atom is 0.143 e. The van der Waals surface area contributed by atoms with E-state index >= 15 is 0 Å². The number of H-pyrrole nitrogens is 1. The number of nitrogens with zero attached hydrogens (tertiary/aromatic N) is 2. The van der Waals surface area contributed by atoms with Crippen molar-refractivity contribution in [3.63, 3.8) is 0 Å². The van der Waals surface area contributed by atoms with E-state index in [1.54, 1.807) is 0 Å². The van der Waals surface area contributed by atoms with Gasteiger partial charge in [0, 0.05) is 22.2 Å². The van der Waals surface area contributed by atoms with Crippen molar-refractivity contribution in [3.8, 4) is 22.5 Å². The average molecular weight is 333 g/mol. The Morgan fingerprint density at radius 3 is 2.68 bits per heavy atom. The van der Waals surface area contributed by atoms with Crippen molar-refractivity contribution >= 4 is 10.9 Å². The fraction of sp³-hybridized carbons (Fsp3) is 0.200. The van der Waals surface area contributed by atoms with Gasteiger partial charge in [-0.15, -0.1) is 0 Å². The smallest absolute Gasteiger partial charge is 0.143 e. The van der Waals surface area contributed by atoms with Gasteiger partial charge in [0.15, 0.2) is 0 Å². The Morgan fingerprint density at radius 2 is 1.96 bits per heavy atom. The highest BCUT2D eigenvalue weighted by Gasteiger charge is 2.17. The molecule has 0 spiro atoms. The SMILES string of the molecule is Cc1cc2c(-c3cccc(CO)c3)nc(-c3c(C)noc3C)cc2[nH]1. The lowest BCUT2D eigenvalue weighted by Crippen LogP contribution is -1.93. The van der Waals surface area contributed by atoms with Gasteiger partial charge in [0.05, 0.1) is 29.3 Å². The van der Waals surface area contributed by atoms with Crippen LogP contribution in [0.25, 0.3) is 33.4 Å². The molecule has 0 fully saturated rings. The van der Waals surface area contributed by atoms with Crippen LogP contribution in [0.1, 0.15) is 22.7 Å². The topological polar surface area (TPSA) is 74.9 Å². The zero-order valence-electron chi connectivity index (χ0n) is 14.4. The number of aliphatic hydroxyl groups is 1. The number of aryl methyl sites for hydroxylation is 3. The van der Waals surface area contributed by atoms with Gasteiger partial charge in [-0.3, -0.25) is 0 Å². The third-order valence-corrected chi connectivity index (χ3v) is 4.42. The van der Waals surface area contributed by atoms with E-state index < -0.39 is 0 Å². The molecule has 0 radical (unpaired) electrons. The summed E-state index contributed by atoms with van der Waals surface area (Å²) in [6.45, 7) is 5.85. The largest absolute Gasteiger partial charge is 0.392 e. The molecule has 3 aromatic heterocycles. The molecule has 126 valence electrons. The number of aromatic amines is 1. The number of fused-ring (bicyclic) bond motifs is 1. The lowest BCUT2D eigenvalue weighted by molar-refractivity contribution is 0.282. The van der Waals surface area contributed by atoms with E-state index in [0.717, 1.165) is 56.1 Å². The minimum absolute atomic E-state index is 0.00665. The molecular formula is C20H19N3O2. The molecule has 25 heavy (non-hydrogen) atoms. The molecule has 0 saturated carbocycles. The first-order chi connectivity index (χ1) is 12.1. The maximum atomic E-state index is 9.46. The van der Waals surface area contributed by atoms with Crippen LogP contribution in [-0.2, 0) is 6.61 Å². The summed E-state index contributed by atoms with van der Waals surface area (Å²) >= 11 is 0. The van der Waals surface area contributed by atoms with Crippen molar-refractivity contribution in [3.05, 3.63) is 59.1 Å². The molecule has 3 heterocycles. The van der Waals surface area contributed by atoms with Crippen LogP contribution in [0, 0.1) is 20.8 Å². The average Bonchev–Trinajstić information content (AvgIpc) is 3.15. The summed E-state index contributed by atoms with van der Waals surface area (Å²) in [6, 6.07) is 12.0. The summed E-state index contributed by atoms with van der Waals surface area (Å²) in [4.78, 5) is 8.32. The number of nitrogens with one attached hydrogen (secondary N) is 1. The third kappa shape index (κ3) is 2.62. The first-order valence-corrected chi connectivity index (χ1v) is 8.20. The Hall–Kier alpha value is -2.92. The second kappa shape index (κ2) is 5.86. The minimum atomic E-state index is 0.00665. The number of aliphatic hydroxyl groups excluding tert-OH is 1. The van der Waals surface area contributed by atoms with Gasteiger partial charge in [0.1, 0.15) is 5.76 Å². The quantitative estimate of drug-likeness (QED) is 0.586. The highest BCUT2D eigenvalue weighted by atomic mass is 16.5. The molecule has 4 rings (SSSR count). The molecule has 0 atom stereocenters. The number of hydrogen-bond acceptors (Lipinski definition) is 4. The molecule has 0 bridgehead atoms. The Bertz CT molecular complexity index is 1060. The highest BCUT2D eigenvalue weighted by molar-refractivity contribution is 5.96. The third-order valence-electron chi connectivity index (χ3n) is 4.42. The second-order valence-electron chi connectivity index (χ2n) is 6.33. The fourth-order valence-electron chi connectivity index (χ4n) is 3.28. The Balaban J connectivity index is 2.02. The standard InChI is InChI=1S/C20H19N3O2/c1-11-7-16-17(21-11)9-18(19-12(2)23-25-13(19)3)22-20(16)15-6-4-5-14(8-15)10-24/h4-9,21,24H,10H2,1-3H3. The molecule has 0 unspecified atom stereocenters. The second-order valence-corrected chi connectivity index (χ2v) is 6.33. The van der Waals surface area contributed by atoms with Crippen molar-refractivity contribution in [2.75, 3.05) is 0 Å². The lowest BCUT2D eigenvalue weighted by atomic mass is 10.0. The van der Waals surface area contributed by atoms with Crippen LogP contribution in [0.2, 0.25) is 0 Å². The van der Waals surface area contributed by atoms with Crippen molar-refractivity contribution in [2.24, 2.45) is 0 Å². The van der Waals surface area contributed by atoms with Crippen LogP contribution in [0.4, 0.5) is 0 Å². The Morgan fingerprint density at radius 1 is 1.12 bits per heavy atom. The van der Waals surface area contributed by atoms with Crippen molar-refractivity contribution < 1.29 is 9.63 Å². The van der Waals surface area contributed by atoms with Crippen molar-refractivity contribution in [2.45, 2.75) is 27.4 Å². The Kier molecular flexibility index (Phi) is 3.66. The summed E-state index contributed by atoms with van der Waals surface area (Å²) in [7, 11) is 0. The molecule has 0 amide bonds. The zero-order valence-corrected chi connectivity index (χ0v) is 14.4. The molecule has 4 aromatic rings. The van der Waals surface area contributed by atoms with Crippen LogP contribution in [0.5, 0.6) is 0 Å². The fourth-order valence-corrected chi connectivity index (χ4v) is 3.28. The van der Waals surface area contributed by atoms with Crippen LogP contribution >= 0.6 is 0 Å². The summed E-state index contributed by atoms with van der Waals surface area (Å²) in [5.41, 5.74) is 7.39. The van der Waals surface area contributed by atoms with E-state index in [9.17, 15) is 5.11 Å². The van der Waals surface area contributed by atoms with E-state index in [1.165, 1.54) is 0 Å². The predicted molar refractivity (Wildman–Crippen MR) is 97.2 cm³/mol. The van der Waals surface area contributed by atoms with E-state index in [4.69, 9.17) is 9.51 Å². The summed E-state index contributed by atoms with van der Waals surface area (Å²) in [5.74, 6) is 0.752. The van der Waals surface area contributed by atoms with E-state index in [-0.39, 0.29) is 6.61 Å². The number of pyridine rings is 1. The minimum Gasteiger partial charge on any atom is -0.392 e. The van der Waals surface area contributed by atoms with Crippen molar-refractivity contribution in [1.82, 2.24) is 15.1 Å². The first kappa shape index (κ1) is 15.6. The first-order valence-electron chi connectivity index (χ1n) is 8.20. The molecule has 5 heteroatoms. The Labute approximate surface area is 145 Å². The van der Waals surface area contributed by atoms with Gasteiger partial charge >= 0.3 is 0 Å². The van der Waals surface area contributed by atoms with Gasteiger partial charge in [0.25, 0.3) is 0 Å². The van der Waals surface area contributed by atoms with Gasteiger partial charge in [-0.25, -0.2) is 4.98 Å². The van der Waals surface area contributed by atoms with Gasteiger partial charge < -0.3 is 14.6 Å². The predicted octanol–water partition coefficient (Wildman–Crippen LogP) is 4.30. The molecular weight excluding hydrogens is 314 g/mol. The van der Waals surface area contributed by atoms with Gasteiger partial charge in [-0.1, -0.05) is 23.4 Å². The van der Waals surface area contributed by atoms with E-state index in [0.29, 0.717) is 0 Å². The number of aromatic nitrogens is 3. The van der Waals surface area contributed by atoms with Crippen molar-refractivity contribution in [1.29, 1.82) is 0 Å². The van der Waals surface area contributed by atoms with Crippen LogP contribution < -0.4 is 0 Å². The normalized spacial score (nSPS) is 11.4. The lowest BCUT2D eigenvalue weighted by Gasteiger charge is -2.08. The molecule has 0 aliphatic rings. The number of hydrogen-bond donors (Lipinski definition) is 2. The summed E-state index contributed by atoms with van der Waals surface area (Å²) in [5, 5.41) is 14.6. The summed E-state index contributed by atoms with van der Waals surface area (Å²) < 4.78 is 5.32. The molecule has 0 aliphatic heterocycles. The van der Waals surface area contributed by atoms with Crippen LogP contribution in [0.15, 0.2) is 40.9 Å². The molecule has 0 aliphatic carbocycles. The van der Waals surface area contributed by atoms with Crippen LogP contribution in [0.3, 0.4) is 0 Å². The molecule has 2 N–H and O–H groups in total. The maximum absolute atomic E-state index is 9.46. The zero-order chi connectivity index (χ0) is 17.6. The number of benzene rings is 1. The highest BCUT2D eigenvalue weighted by Crippen LogP contribution is 2.34. The van der Waals surface area contributed by atoms with Gasteiger partial charge in [0.2, 0.25) is 0 Å². The van der Waals surface area contributed by atoms with Crippen LogP contribution in [-0.4, -0.2) is 20.2 Å². The molecule has 5 nitrogen and oxygen atoms in total. The van der Waals surface area contributed by atoms with E-state index in [1.807, 2.05) is 51.1 Å². The summed E-state index contributed by atoms with van der Waals surface area (Å²) in [6.07, 6.45) is 0. The van der Waals surface area contributed by atoms with Gasteiger partial charge in [-0.05, 0) is 44.5 Å². The monoisotopic (exact) mass is 333 g/mol. The van der Waals surface area contributed by atoms with E-state index in [2.05, 4.69) is 16.2 Å². The molecule has 0 saturated heterocycles. The molecule has 1 aromatic carbocycles. The number of rotatable bonds is 3. The van der Waals surface area contributed by atoms with Gasteiger partial charge in [-0.2, -0.15) is 0 Å².